The molecule has 8 heteroatoms. The van der Waals surface area contributed by atoms with Crippen molar-refractivity contribution in [1.82, 2.24) is 4.98 Å². The van der Waals surface area contributed by atoms with Gasteiger partial charge in [-0.1, -0.05) is 11.6 Å². The summed E-state index contributed by atoms with van der Waals surface area (Å²) < 4.78 is 5.26. The number of hydrogen-bond acceptors (Lipinski definition) is 5. The Labute approximate surface area is 175 Å². The average Bonchev–Trinajstić information content (AvgIpc) is 2.72. The third-order valence-electron chi connectivity index (χ3n) is 5.09. The first-order valence-electron chi connectivity index (χ1n) is 9.61. The number of hydrogen-bond donors (Lipinski definition) is 2. The van der Waals surface area contributed by atoms with Crippen molar-refractivity contribution in [2.45, 2.75) is 25.7 Å². The lowest BCUT2D eigenvalue weighted by atomic mass is 9.93. The van der Waals surface area contributed by atoms with Crippen molar-refractivity contribution < 1.29 is 14.3 Å². The number of ether oxygens (including phenoxy) is 1. The van der Waals surface area contributed by atoms with Crippen LogP contribution in [0.5, 0.6) is 5.75 Å². The van der Waals surface area contributed by atoms with Gasteiger partial charge in [-0.05, 0) is 55.5 Å². The van der Waals surface area contributed by atoms with Crippen molar-refractivity contribution in [1.29, 1.82) is 0 Å². The zero-order valence-corrected chi connectivity index (χ0v) is 17.1. The van der Waals surface area contributed by atoms with Gasteiger partial charge in [0.25, 0.3) is 5.91 Å². The number of nitrogens with two attached hydrogens (primary N) is 1. The van der Waals surface area contributed by atoms with E-state index in [4.69, 9.17) is 22.1 Å². The summed E-state index contributed by atoms with van der Waals surface area (Å²) in [5.74, 6) is 0.959. The second-order valence-corrected chi connectivity index (χ2v) is 7.56. The minimum atomic E-state index is -0.481. The van der Waals surface area contributed by atoms with Crippen molar-refractivity contribution in [3.05, 3.63) is 47.1 Å². The lowest BCUT2D eigenvalue weighted by Crippen LogP contribution is -2.37. The highest BCUT2D eigenvalue weighted by molar-refractivity contribution is 6.31. The van der Waals surface area contributed by atoms with Crippen LogP contribution in [0.1, 0.15) is 36.0 Å². The minimum absolute atomic E-state index is 0.0849. The van der Waals surface area contributed by atoms with Crippen LogP contribution in [0.4, 0.5) is 11.5 Å². The largest absolute Gasteiger partial charge is 0.495 e. The molecular weight excluding hydrogens is 392 g/mol. The van der Waals surface area contributed by atoms with Gasteiger partial charge in [-0.2, -0.15) is 0 Å². The Bertz CT molecular complexity index is 890. The van der Waals surface area contributed by atoms with Crippen LogP contribution >= 0.6 is 11.6 Å². The van der Waals surface area contributed by atoms with E-state index in [9.17, 15) is 9.59 Å². The number of nitrogens with zero attached hydrogens (tertiary/aromatic N) is 2. The predicted octanol–water partition coefficient (Wildman–Crippen LogP) is 3.48. The second kappa shape index (κ2) is 9.60. The topological polar surface area (TPSA) is 97.6 Å². The lowest BCUT2D eigenvalue weighted by Gasteiger charge is -2.34. The molecule has 1 aliphatic heterocycles. The molecule has 1 unspecified atom stereocenters. The number of nitrogens with one attached hydrogen (secondary N) is 1. The molecule has 2 aromatic rings. The summed E-state index contributed by atoms with van der Waals surface area (Å²) in [4.78, 5) is 30.6. The highest BCUT2D eigenvalue weighted by atomic mass is 35.5. The Morgan fingerprint density at radius 2 is 2.21 bits per heavy atom. The van der Waals surface area contributed by atoms with Crippen LogP contribution in [0.2, 0.25) is 5.02 Å². The summed E-state index contributed by atoms with van der Waals surface area (Å²) in [6.07, 6.45) is 4.80. The Hall–Kier alpha value is -2.80. The van der Waals surface area contributed by atoms with Gasteiger partial charge in [0, 0.05) is 30.7 Å². The number of pyridine rings is 1. The van der Waals surface area contributed by atoms with Crippen LogP contribution in [0.3, 0.4) is 0 Å². The van der Waals surface area contributed by atoms with Crippen LogP contribution in [0, 0.1) is 5.92 Å². The molecule has 1 atom stereocenters. The minimum Gasteiger partial charge on any atom is -0.495 e. The van der Waals surface area contributed by atoms with Crippen molar-refractivity contribution in [3.8, 4) is 5.75 Å². The molecule has 1 aromatic carbocycles. The molecule has 0 bridgehead atoms. The third kappa shape index (κ3) is 5.38. The molecule has 0 aliphatic carbocycles. The SMILES string of the molecule is COc1ccc(Cl)cc1NC(=O)CCC1CCCN(c2ncccc2C(N)=O)C1. The molecule has 0 saturated carbocycles. The quantitative estimate of drug-likeness (QED) is 0.720. The Morgan fingerprint density at radius 3 is 2.97 bits per heavy atom. The fourth-order valence-corrected chi connectivity index (χ4v) is 3.83. The number of primary amides is 1. The van der Waals surface area contributed by atoms with Crippen molar-refractivity contribution in [3.63, 3.8) is 0 Å². The molecule has 1 aliphatic rings. The molecule has 0 spiro atoms. The van der Waals surface area contributed by atoms with Crippen molar-refractivity contribution in [2.24, 2.45) is 11.7 Å². The molecule has 3 rings (SSSR count). The zero-order chi connectivity index (χ0) is 20.8. The van der Waals surface area contributed by atoms with Crippen LogP contribution in [-0.2, 0) is 4.79 Å². The molecule has 154 valence electrons. The maximum atomic E-state index is 12.4. The summed E-state index contributed by atoms with van der Waals surface area (Å²) in [5.41, 5.74) is 6.48. The number of aromatic nitrogens is 1. The van der Waals surface area contributed by atoms with Gasteiger partial charge in [-0.15, -0.1) is 0 Å². The second-order valence-electron chi connectivity index (χ2n) is 7.12. The number of methoxy groups -OCH3 is 1. The first-order chi connectivity index (χ1) is 14.0. The summed E-state index contributed by atoms with van der Waals surface area (Å²) in [6, 6.07) is 8.51. The molecule has 7 nitrogen and oxygen atoms in total. The molecular formula is C21H25ClN4O3. The number of halogens is 1. The van der Waals surface area contributed by atoms with E-state index in [1.807, 2.05) is 0 Å². The summed E-state index contributed by atoms with van der Waals surface area (Å²) in [6.45, 7) is 1.56. The number of carbonyl (C=O) groups excluding carboxylic acids is 2. The summed E-state index contributed by atoms with van der Waals surface area (Å²) in [5, 5.41) is 3.41. The number of carbonyl (C=O) groups is 2. The van der Waals surface area contributed by atoms with Crippen molar-refractivity contribution in [2.75, 3.05) is 30.4 Å². The molecule has 0 radical (unpaired) electrons. The molecule has 1 aromatic heterocycles. The van der Waals surface area contributed by atoms with Gasteiger partial charge in [0.2, 0.25) is 5.91 Å². The maximum absolute atomic E-state index is 12.4. The zero-order valence-electron chi connectivity index (χ0n) is 16.4. The summed E-state index contributed by atoms with van der Waals surface area (Å²) in [7, 11) is 1.55. The molecule has 29 heavy (non-hydrogen) atoms. The number of anilines is 2. The number of rotatable bonds is 7. The van der Waals surface area contributed by atoms with Gasteiger partial charge in [0.1, 0.15) is 11.6 Å². The standard InChI is InChI=1S/C21H25ClN4O3/c1-29-18-8-7-15(22)12-17(18)25-19(27)9-6-14-4-3-11-26(13-14)21-16(20(23)28)5-2-10-24-21/h2,5,7-8,10,12,14H,3-4,6,9,11,13H2,1H3,(H2,23,28)(H,25,27). The maximum Gasteiger partial charge on any atom is 0.252 e. The van der Waals surface area contributed by atoms with Crippen LogP contribution in [0.15, 0.2) is 36.5 Å². The fourth-order valence-electron chi connectivity index (χ4n) is 3.66. The Morgan fingerprint density at radius 1 is 1.38 bits per heavy atom. The smallest absolute Gasteiger partial charge is 0.252 e. The molecule has 2 heterocycles. The van der Waals surface area contributed by atoms with Crippen LogP contribution < -0.4 is 20.7 Å². The first kappa shape index (κ1) is 20.9. The van der Waals surface area contributed by atoms with E-state index >= 15 is 0 Å². The van der Waals surface area contributed by atoms with Crippen molar-refractivity contribution >= 4 is 34.9 Å². The molecule has 1 fully saturated rings. The Kier molecular flexibility index (Phi) is 6.93. The molecule has 1 saturated heterocycles. The number of piperidine rings is 1. The van der Waals surface area contributed by atoms with Gasteiger partial charge in [-0.25, -0.2) is 4.98 Å². The van der Waals surface area contributed by atoms with E-state index in [0.717, 1.165) is 32.4 Å². The lowest BCUT2D eigenvalue weighted by molar-refractivity contribution is -0.116. The normalized spacial score (nSPS) is 16.3. The van der Waals surface area contributed by atoms with Gasteiger partial charge in [0.15, 0.2) is 0 Å². The van der Waals surface area contributed by atoms with E-state index in [2.05, 4.69) is 15.2 Å². The summed E-state index contributed by atoms with van der Waals surface area (Å²) >= 11 is 6.01. The predicted molar refractivity (Wildman–Crippen MR) is 114 cm³/mol. The van der Waals surface area contributed by atoms with Crippen LogP contribution in [0.25, 0.3) is 0 Å². The average molecular weight is 417 g/mol. The number of amides is 2. The van der Waals surface area contributed by atoms with E-state index in [1.165, 1.54) is 0 Å². The first-order valence-corrected chi connectivity index (χ1v) is 9.99. The Balaban J connectivity index is 1.58. The van der Waals surface area contributed by atoms with E-state index in [0.29, 0.717) is 40.2 Å². The highest BCUT2D eigenvalue weighted by Gasteiger charge is 2.24. The van der Waals surface area contributed by atoms with E-state index < -0.39 is 5.91 Å². The monoisotopic (exact) mass is 416 g/mol. The van der Waals surface area contributed by atoms with Gasteiger partial charge in [-0.3, -0.25) is 9.59 Å². The number of benzene rings is 1. The van der Waals surface area contributed by atoms with Gasteiger partial charge >= 0.3 is 0 Å². The van der Waals surface area contributed by atoms with Gasteiger partial charge in [0.05, 0.1) is 18.4 Å². The third-order valence-corrected chi connectivity index (χ3v) is 5.32. The fraction of sp³-hybridized carbons (Fsp3) is 0.381. The molecule has 3 N–H and O–H groups in total. The van der Waals surface area contributed by atoms with Gasteiger partial charge < -0.3 is 20.7 Å². The van der Waals surface area contributed by atoms with E-state index in [-0.39, 0.29) is 5.91 Å². The van der Waals surface area contributed by atoms with E-state index in [1.54, 1.807) is 43.6 Å². The molecule has 2 amide bonds. The highest BCUT2D eigenvalue weighted by Crippen LogP contribution is 2.29. The van der Waals surface area contributed by atoms with Crippen LogP contribution in [-0.4, -0.2) is 37.0 Å².